The molecule has 2 saturated heterocycles. The highest BCUT2D eigenvalue weighted by molar-refractivity contribution is 5.75. The zero-order chi connectivity index (χ0) is 14.2. The van der Waals surface area contributed by atoms with Crippen molar-refractivity contribution in [2.24, 2.45) is 10.7 Å². The van der Waals surface area contributed by atoms with Gasteiger partial charge in [0.05, 0.1) is 18.8 Å². The highest BCUT2D eigenvalue weighted by Gasteiger charge is 2.46. The van der Waals surface area contributed by atoms with Crippen LogP contribution >= 0.6 is 0 Å². The number of hydrogen-bond acceptors (Lipinski definition) is 4. The summed E-state index contributed by atoms with van der Waals surface area (Å²) in [6.45, 7) is 1.88. The Kier molecular flexibility index (Phi) is 2.85. The molecular formula is C12H16N6O2. The maximum absolute atomic E-state index is 11.2. The first-order valence-corrected chi connectivity index (χ1v) is 6.36. The van der Waals surface area contributed by atoms with E-state index in [4.69, 9.17) is 15.9 Å². The molecule has 3 heterocycles. The highest BCUT2D eigenvalue weighted by Crippen LogP contribution is 2.30. The number of aromatic nitrogens is 1. The molecule has 1 unspecified atom stereocenters. The van der Waals surface area contributed by atoms with E-state index in [0.29, 0.717) is 18.6 Å². The average molecular weight is 276 g/mol. The van der Waals surface area contributed by atoms with Gasteiger partial charge in [0.2, 0.25) is 5.96 Å². The molecule has 1 aromatic rings. The number of amides is 1. The molecule has 0 bridgehead atoms. The molecule has 5 N–H and O–H groups in total. The Bertz CT molecular complexity index is 624. The van der Waals surface area contributed by atoms with Gasteiger partial charge in [0, 0.05) is 19.2 Å². The van der Waals surface area contributed by atoms with Gasteiger partial charge < -0.3 is 25.7 Å². The summed E-state index contributed by atoms with van der Waals surface area (Å²) in [5, 5.41) is 9.98. The molecular weight excluding hydrogens is 260 g/mol. The molecule has 1 spiro atoms. The number of alkyl carbamates (subject to hydrolysis) is 1. The van der Waals surface area contributed by atoms with Gasteiger partial charge in [0.1, 0.15) is 0 Å². The lowest BCUT2D eigenvalue weighted by Crippen LogP contribution is -2.38. The number of guanidine groups is 1. The van der Waals surface area contributed by atoms with Crippen molar-refractivity contribution in [3.63, 3.8) is 0 Å². The van der Waals surface area contributed by atoms with Crippen LogP contribution in [-0.2, 0) is 4.74 Å². The van der Waals surface area contributed by atoms with Crippen molar-refractivity contribution >= 4 is 17.7 Å². The number of anilines is 1. The summed E-state index contributed by atoms with van der Waals surface area (Å²) < 4.78 is 5.38. The summed E-state index contributed by atoms with van der Waals surface area (Å²) in [5.41, 5.74) is 6.25. The van der Waals surface area contributed by atoms with Crippen molar-refractivity contribution in [2.45, 2.75) is 12.0 Å². The van der Waals surface area contributed by atoms with E-state index < -0.39 is 5.60 Å². The first kappa shape index (κ1) is 12.5. The Labute approximate surface area is 115 Å². The van der Waals surface area contributed by atoms with Crippen LogP contribution in [0.15, 0.2) is 23.3 Å². The van der Waals surface area contributed by atoms with Crippen molar-refractivity contribution in [3.8, 4) is 0 Å². The second kappa shape index (κ2) is 4.55. The molecule has 20 heavy (non-hydrogen) atoms. The number of hydrogen-bond donors (Lipinski definition) is 4. The third kappa shape index (κ3) is 2.20. The van der Waals surface area contributed by atoms with Crippen LogP contribution in [0.1, 0.15) is 6.42 Å². The van der Waals surface area contributed by atoms with E-state index in [0.717, 1.165) is 18.7 Å². The van der Waals surface area contributed by atoms with E-state index in [9.17, 15) is 4.79 Å². The third-order valence-electron chi connectivity index (χ3n) is 3.57. The topological polar surface area (TPSA) is 120 Å². The smallest absolute Gasteiger partial charge is 0.407 e. The second-order valence-corrected chi connectivity index (χ2v) is 5.00. The summed E-state index contributed by atoms with van der Waals surface area (Å²) in [6, 6.07) is 3.76. The SMILES string of the molecule is N=C(N)/N=c1\[nH]cccc1N1CCC2(CNC(=O)O2)C1. The van der Waals surface area contributed by atoms with Gasteiger partial charge in [-0.05, 0) is 12.1 Å². The van der Waals surface area contributed by atoms with E-state index in [-0.39, 0.29) is 12.1 Å². The lowest BCUT2D eigenvalue weighted by molar-refractivity contribution is 0.0746. The van der Waals surface area contributed by atoms with Crippen molar-refractivity contribution < 1.29 is 9.53 Å². The predicted octanol–water partition coefficient (Wildman–Crippen LogP) is -0.502. The minimum atomic E-state index is -0.458. The fourth-order valence-corrected chi connectivity index (χ4v) is 2.66. The van der Waals surface area contributed by atoms with Crippen LogP contribution in [0, 0.1) is 5.41 Å². The van der Waals surface area contributed by atoms with Crippen LogP contribution in [0.5, 0.6) is 0 Å². The number of pyridine rings is 1. The van der Waals surface area contributed by atoms with Gasteiger partial charge in [-0.15, -0.1) is 0 Å². The molecule has 2 aliphatic rings. The average Bonchev–Trinajstić information content (AvgIpc) is 2.97. The van der Waals surface area contributed by atoms with Crippen LogP contribution in [0.2, 0.25) is 0 Å². The third-order valence-corrected chi connectivity index (χ3v) is 3.57. The van der Waals surface area contributed by atoms with Crippen LogP contribution in [0.25, 0.3) is 0 Å². The molecule has 8 heteroatoms. The molecule has 0 saturated carbocycles. The van der Waals surface area contributed by atoms with E-state index in [1.807, 2.05) is 12.1 Å². The fraction of sp³-hybridized carbons (Fsp3) is 0.417. The van der Waals surface area contributed by atoms with Crippen LogP contribution < -0.4 is 21.4 Å². The molecule has 2 fully saturated rings. The van der Waals surface area contributed by atoms with E-state index >= 15 is 0 Å². The number of ether oxygens (including phenoxy) is 1. The number of nitrogens with two attached hydrogens (primary N) is 1. The number of nitrogens with zero attached hydrogens (tertiary/aromatic N) is 2. The molecule has 8 nitrogen and oxygen atoms in total. The standard InChI is InChI=1S/C12H16N6O2/c13-10(14)17-9-8(2-1-4-15-9)18-5-3-12(7-18)6-16-11(19)20-12/h1-2,4H,3,5-7H2,(H,16,19)(H4,13,14,15,17). The minimum Gasteiger partial charge on any atom is -0.439 e. The number of aromatic amines is 1. The highest BCUT2D eigenvalue weighted by atomic mass is 16.6. The molecule has 1 atom stereocenters. The second-order valence-electron chi connectivity index (χ2n) is 5.00. The predicted molar refractivity (Wildman–Crippen MR) is 72.3 cm³/mol. The summed E-state index contributed by atoms with van der Waals surface area (Å²) in [7, 11) is 0. The molecule has 106 valence electrons. The molecule has 0 aliphatic carbocycles. The molecule has 1 aromatic heterocycles. The molecule has 0 aromatic carbocycles. The van der Waals surface area contributed by atoms with Gasteiger partial charge in [-0.3, -0.25) is 5.41 Å². The van der Waals surface area contributed by atoms with E-state index in [1.165, 1.54) is 0 Å². The van der Waals surface area contributed by atoms with Gasteiger partial charge in [0.25, 0.3) is 0 Å². The Morgan fingerprint density at radius 2 is 2.45 bits per heavy atom. The number of rotatable bonds is 1. The van der Waals surface area contributed by atoms with E-state index in [1.54, 1.807) is 6.20 Å². The van der Waals surface area contributed by atoms with Gasteiger partial charge in [-0.1, -0.05) is 0 Å². The summed E-state index contributed by atoms with van der Waals surface area (Å²) in [5.74, 6) is -0.253. The normalized spacial score (nSPS) is 25.9. The van der Waals surface area contributed by atoms with Crippen molar-refractivity contribution in [3.05, 3.63) is 23.8 Å². The number of nitrogens with one attached hydrogen (secondary N) is 3. The van der Waals surface area contributed by atoms with Crippen LogP contribution in [0.4, 0.5) is 10.5 Å². The maximum atomic E-state index is 11.2. The largest absolute Gasteiger partial charge is 0.439 e. The summed E-state index contributed by atoms with van der Waals surface area (Å²) in [6.07, 6.45) is 2.13. The lowest BCUT2D eigenvalue weighted by Gasteiger charge is -2.22. The van der Waals surface area contributed by atoms with Crippen molar-refractivity contribution in [1.29, 1.82) is 5.41 Å². The molecule has 3 rings (SSSR count). The summed E-state index contributed by atoms with van der Waals surface area (Å²) in [4.78, 5) is 20.3. The quantitative estimate of drug-likeness (QED) is 0.408. The Balaban J connectivity index is 1.89. The zero-order valence-electron chi connectivity index (χ0n) is 10.8. The molecule has 1 amide bonds. The fourth-order valence-electron chi connectivity index (χ4n) is 2.66. The first-order valence-electron chi connectivity index (χ1n) is 6.36. The van der Waals surface area contributed by atoms with E-state index in [2.05, 4.69) is 20.2 Å². The number of carbonyl (C=O) groups excluding carboxylic acids is 1. The summed E-state index contributed by atoms with van der Waals surface area (Å²) >= 11 is 0. The Hall–Kier alpha value is -2.51. The van der Waals surface area contributed by atoms with Gasteiger partial charge >= 0.3 is 6.09 Å². The van der Waals surface area contributed by atoms with Gasteiger partial charge in [-0.25, -0.2) is 4.79 Å². The number of H-pyrrole nitrogens is 1. The van der Waals surface area contributed by atoms with Crippen LogP contribution in [0.3, 0.4) is 0 Å². The molecule has 2 aliphatic heterocycles. The Morgan fingerprint density at radius 1 is 1.60 bits per heavy atom. The van der Waals surface area contributed by atoms with Crippen LogP contribution in [-0.4, -0.2) is 42.3 Å². The number of carbonyl (C=O) groups is 1. The molecule has 0 radical (unpaired) electrons. The Morgan fingerprint density at radius 3 is 3.15 bits per heavy atom. The first-order chi connectivity index (χ1) is 9.58. The lowest BCUT2D eigenvalue weighted by atomic mass is 10.0. The van der Waals surface area contributed by atoms with Crippen molar-refractivity contribution in [1.82, 2.24) is 10.3 Å². The monoisotopic (exact) mass is 276 g/mol. The zero-order valence-corrected chi connectivity index (χ0v) is 10.8. The minimum absolute atomic E-state index is 0.253. The van der Waals surface area contributed by atoms with Crippen molar-refractivity contribution in [2.75, 3.05) is 24.5 Å². The van der Waals surface area contributed by atoms with Gasteiger partial charge in [0.15, 0.2) is 11.1 Å². The van der Waals surface area contributed by atoms with Gasteiger partial charge in [-0.2, -0.15) is 4.99 Å². The maximum Gasteiger partial charge on any atom is 0.407 e.